The molecule has 3 nitrogen and oxygen atoms in total. The Morgan fingerprint density at radius 2 is 2.33 bits per heavy atom. The van der Waals surface area contributed by atoms with Gasteiger partial charge in [0, 0.05) is 12.6 Å². The van der Waals surface area contributed by atoms with E-state index in [1.807, 2.05) is 34.9 Å². The van der Waals surface area contributed by atoms with E-state index in [9.17, 15) is 0 Å². The van der Waals surface area contributed by atoms with Gasteiger partial charge < -0.3 is 0 Å². The highest BCUT2D eigenvalue weighted by Gasteiger charge is 2.00. The van der Waals surface area contributed by atoms with Crippen molar-refractivity contribution in [2.45, 2.75) is 6.42 Å². The normalized spacial score (nSPS) is 10.3. The van der Waals surface area contributed by atoms with Crippen LogP contribution in [-0.2, 0) is 6.42 Å². The molecular weight excluding hydrogens is 150 g/mol. The summed E-state index contributed by atoms with van der Waals surface area (Å²) >= 11 is 0. The number of pyridine rings is 1. The molecule has 2 aromatic rings. The van der Waals surface area contributed by atoms with Crippen molar-refractivity contribution in [2.75, 3.05) is 0 Å². The van der Waals surface area contributed by atoms with E-state index in [1.54, 1.807) is 0 Å². The van der Waals surface area contributed by atoms with Crippen LogP contribution < -0.4 is 0 Å². The van der Waals surface area contributed by atoms with Gasteiger partial charge in [0.15, 0.2) is 5.65 Å². The molecule has 0 bridgehead atoms. The summed E-state index contributed by atoms with van der Waals surface area (Å²) in [6, 6.07) is 5.84. The number of hydrogen-bond acceptors (Lipinski definition) is 2. The zero-order valence-electron chi connectivity index (χ0n) is 6.64. The van der Waals surface area contributed by atoms with Crippen LogP contribution >= 0.6 is 0 Å². The second-order valence-electron chi connectivity index (χ2n) is 2.54. The Morgan fingerprint density at radius 1 is 1.42 bits per heavy atom. The summed E-state index contributed by atoms with van der Waals surface area (Å²) in [5.74, 6) is 0.931. The van der Waals surface area contributed by atoms with E-state index >= 15 is 0 Å². The second-order valence-corrected chi connectivity index (χ2v) is 2.54. The summed E-state index contributed by atoms with van der Waals surface area (Å²) in [5.41, 5.74) is 0.884. The van der Waals surface area contributed by atoms with Crippen molar-refractivity contribution in [1.29, 1.82) is 0 Å². The molecule has 0 aliphatic heterocycles. The lowest BCUT2D eigenvalue weighted by Gasteiger charge is -1.93. The van der Waals surface area contributed by atoms with E-state index in [0.29, 0.717) is 0 Å². The smallest absolute Gasteiger partial charge is 0.160 e. The lowest BCUT2D eigenvalue weighted by Crippen LogP contribution is -1.91. The van der Waals surface area contributed by atoms with Gasteiger partial charge in [-0.05, 0) is 12.1 Å². The summed E-state index contributed by atoms with van der Waals surface area (Å²) in [6.07, 6.45) is 4.53. The van der Waals surface area contributed by atoms with Crippen molar-refractivity contribution in [2.24, 2.45) is 0 Å². The van der Waals surface area contributed by atoms with E-state index < -0.39 is 0 Å². The second kappa shape index (κ2) is 2.77. The summed E-state index contributed by atoms with van der Waals surface area (Å²) in [6.45, 7) is 3.66. The Bertz CT molecular complexity index is 403. The van der Waals surface area contributed by atoms with Crippen molar-refractivity contribution in [3.63, 3.8) is 0 Å². The van der Waals surface area contributed by atoms with Gasteiger partial charge in [-0.1, -0.05) is 12.1 Å². The van der Waals surface area contributed by atoms with Gasteiger partial charge in [0.2, 0.25) is 0 Å². The Morgan fingerprint density at radius 3 is 3.17 bits per heavy atom. The van der Waals surface area contributed by atoms with E-state index in [-0.39, 0.29) is 0 Å². The molecule has 0 saturated heterocycles. The zero-order valence-corrected chi connectivity index (χ0v) is 6.64. The molecule has 0 unspecified atom stereocenters. The number of hydrogen-bond donors (Lipinski definition) is 0. The summed E-state index contributed by atoms with van der Waals surface area (Å²) in [5, 5.41) is 8.03. The Balaban J connectivity index is 2.62. The summed E-state index contributed by atoms with van der Waals surface area (Å²) in [7, 11) is 0. The molecule has 0 saturated carbocycles. The molecule has 0 radical (unpaired) electrons. The molecule has 0 atom stereocenters. The maximum atomic E-state index is 4.03. The first-order valence-electron chi connectivity index (χ1n) is 3.81. The summed E-state index contributed by atoms with van der Waals surface area (Å²) in [4.78, 5) is 0. The Kier molecular flexibility index (Phi) is 1.63. The van der Waals surface area contributed by atoms with Crippen LogP contribution in [0.25, 0.3) is 5.65 Å². The van der Waals surface area contributed by atoms with Crippen molar-refractivity contribution < 1.29 is 0 Å². The van der Waals surface area contributed by atoms with Crippen LogP contribution in [0.4, 0.5) is 0 Å². The average molecular weight is 159 g/mol. The maximum absolute atomic E-state index is 4.03. The van der Waals surface area contributed by atoms with Crippen LogP contribution in [0.5, 0.6) is 0 Å². The van der Waals surface area contributed by atoms with Gasteiger partial charge in [-0.2, -0.15) is 0 Å². The van der Waals surface area contributed by atoms with Crippen molar-refractivity contribution in [1.82, 2.24) is 14.6 Å². The molecule has 12 heavy (non-hydrogen) atoms. The van der Waals surface area contributed by atoms with Gasteiger partial charge in [-0.3, -0.25) is 4.40 Å². The lowest BCUT2D eigenvalue weighted by molar-refractivity contribution is 0.953. The lowest BCUT2D eigenvalue weighted by atomic mass is 10.4. The predicted octanol–water partition coefficient (Wildman–Crippen LogP) is 1.46. The summed E-state index contributed by atoms with van der Waals surface area (Å²) < 4.78 is 1.96. The van der Waals surface area contributed by atoms with Gasteiger partial charge in [-0.25, -0.2) is 0 Å². The molecule has 0 N–H and O–H groups in total. The largest absolute Gasteiger partial charge is 0.286 e. The maximum Gasteiger partial charge on any atom is 0.160 e. The highest BCUT2D eigenvalue weighted by molar-refractivity contribution is 5.37. The van der Waals surface area contributed by atoms with Crippen LogP contribution in [0.1, 0.15) is 5.82 Å². The molecule has 60 valence electrons. The molecule has 3 heteroatoms. The number of rotatable bonds is 2. The van der Waals surface area contributed by atoms with E-state index in [0.717, 1.165) is 17.9 Å². The third-order valence-corrected chi connectivity index (χ3v) is 1.71. The molecular formula is C9H9N3. The molecule has 0 aromatic carbocycles. The van der Waals surface area contributed by atoms with E-state index in [1.165, 1.54) is 0 Å². The predicted molar refractivity (Wildman–Crippen MR) is 46.9 cm³/mol. The van der Waals surface area contributed by atoms with Gasteiger partial charge in [0.05, 0.1) is 0 Å². The van der Waals surface area contributed by atoms with Crippen LogP contribution in [0.3, 0.4) is 0 Å². The molecule has 2 heterocycles. The Labute approximate surface area is 70.4 Å². The van der Waals surface area contributed by atoms with Crippen molar-refractivity contribution >= 4 is 5.65 Å². The van der Waals surface area contributed by atoms with Crippen LogP contribution in [0.15, 0.2) is 37.1 Å². The average Bonchev–Trinajstić information content (AvgIpc) is 2.50. The first kappa shape index (κ1) is 7.03. The topological polar surface area (TPSA) is 30.2 Å². The van der Waals surface area contributed by atoms with Gasteiger partial charge in [0.1, 0.15) is 5.82 Å². The Hall–Kier alpha value is -1.64. The monoisotopic (exact) mass is 159 g/mol. The first-order chi connectivity index (χ1) is 5.92. The zero-order chi connectivity index (χ0) is 8.39. The molecule has 0 aliphatic rings. The fourth-order valence-electron chi connectivity index (χ4n) is 1.16. The fourth-order valence-corrected chi connectivity index (χ4v) is 1.16. The molecule has 0 fully saturated rings. The van der Waals surface area contributed by atoms with Crippen LogP contribution in [0, 0.1) is 0 Å². The molecule has 0 aliphatic carbocycles. The minimum atomic E-state index is 0.755. The SMILES string of the molecule is C=CCc1nnc2ccccn12. The highest BCUT2D eigenvalue weighted by atomic mass is 15.2. The minimum Gasteiger partial charge on any atom is -0.286 e. The van der Waals surface area contributed by atoms with E-state index in [2.05, 4.69) is 16.8 Å². The van der Waals surface area contributed by atoms with Crippen molar-refractivity contribution in [3.8, 4) is 0 Å². The number of allylic oxidation sites excluding steroid dienone is 1. The molecule has 0 amide bonds. The standard InChI is InChI=1S/C9H9N3/c1-2-5-8-10-11-9-6-3-4-7-12(8)9/h2-4,6-7H,1,5H2. The molecule has 0 spiro atoms. The van der Waals surface area contributed by atoms with E-state index in [4.69, 9.17) is 0 Å². The van der Waals surface area contributed by atoms with Crippen molar-refractivity contribution in [3.05, 3.63) is 42.9 Å². The number of fused-ring (bicyclic) bond motifs is 1. The van der Waals surface area contributed by atoms with Gasteiger partial charge in [0.25, 0.3) is 0 Å². The minimum absolute atomic E-state index is 0.755. The quantitative estimate of drug-likeness (QED) is 0.621. The van der Waals surface area contributed by atoms with Crippen LogP contribution in [0.2, 0.25) is 0 Å². The third kappa shape index (κ3) is 0.993. The van der Waals surface area contributed by atoms with Gasteiger partial charge >= 0.3 is 0 Å². The molecule has 2 aromatic heterocycles. The van der Waals surface area contributed by atoms with Gasteiger partial charge in [-0.15, -0.1) is 16.8 Å². The highest BCUT2D eigenvalue weighted by Crippen LogP contribution is 2.02. The number of nitrogens with zero attached hydrogens (tertiary/aromatic N) is 3. The third-order valence-electron chi connectivity index (χ3n) is 1.71. The van der Waals surface area contributed by atoms with Crippen LogP contribution in [-0.4, -0.2) is 14.6 Å². The number of aromatic nitrogens is 3. The fraction of sp³-hybridized carbons (Fsp3) is 0.111. The first-order valence-corrected chi connectivity index (χ1v) is 3.81. The molecule has 2 rings (SSSR count).